The largest absolute Gasteiger partial charge is 0.573 e. The Labute approximate surface area is 140 Å². The van der Waals surface area contributed by atoms with Gasteiger partial charge in [-0.25, -0.2) is 4.98 Å². The number of alkyl halides is 3. The van der Waals surface area contributed by atoms with Crippen LogP contribution in [0.15, 0.2) is 24.3 Å². The Morgan fingerprint density at radius 3 is 2.42 bits per heavy atom. The van der Waals surface area contributed by atoms with E-state index < -0.39 is 6.36 Å². The van der Waals surface area contributed by atoms with Crippen molar-refractivity contribution in [3.63, 3.8) is 0 Å². The summed E-state index contributed by atoms with van der Waals surface area (Å²) in [6.07, 6.45) is -2.69. The average Bonchev–Trinajstić information content (AvgIpc) is 3.15. The molecular formula is C16H15F3N2O2S. The molecule has 0 aliphatic carbocycles. The molecule has 4 nitrogen and oxygen atoms in total. The zero-order valence-corrected chi connectivity index (χ0v) is 13.7. The number of likely N-dealkylation sites (tertiary alicyclic amines) is 1. The molecule has 0 saturated carbocycles. The van der Waals surface area contributed by atoms with Crippen molar-refractivity contribution in [3.8, 4) is 16.3 Å². The zero-order valence-electron chi connectivity index (χ0n) is 12.9. The Balaban J connectivity index is 1.80. The van der Waals surface area contributed by atoms with Gasteiger partial charge < -0.3 is 9.64 Å². The molecule has 1 fully saturated rings. The Morgan fingerprint density at radius 1 is 1.21 bits per heavy atom. The Morgan fingerprint density at radius 2 is 1.83 bits per heavy atom. The number of halogens is 3. The fraction of sp³-hybridized carbons (Fsp3) is 0.375. The molecule has 0 atom stereocenters. The fourth-order valence-corrected chi connectivity index (χ4v) is 3.62. The predicted octanol–water partition coefficient (Wildman–Crippen LogP) is 4.25. The first-order valence-corrected chi connectivity index (χ1v) is 8.28. The van der Waals surface area contributed by atoms with Gasteiger partial charge >= 0.3 is 6.36 Å². The molecule has 24 heavy (non-hydrogen) atoms. The first-order chi connectivity index (χ1) is 11.3. The molecule has 128 valence electrons. The predicted molar refractivity (Wildman–Crippen MR) is 84.1 cm³/mol. The summed E-state index contributed by atoms with van der Waals surface area (Å²) in [5.74, 6) is -0.307. The van der Waals surface area contributed by atoms with Gasteiger partial charge in [-0.3, -0.25) is 4.79 Å². The number of hydrogen-bond acceptors (Lipinski definition) is 4. The third kappa shape index (κ3) is 3.69. The molecule has 1 aromatic carbocycles. The third-order valence-electron chi connectivity index (χ3n) is 3.72. The number of carbonyl (C=O) groups excluding carboxylic acids is 1. The number of hydrogen-bond donors (Lipinski definition) is 0. The summed E-state index contributed by atoms with van der Waals surface area (Å²) in [6, 6.07) is 5.48. The average molecular weight is 356 g/mol. The second-order valence-electron chi connectivity index (χ2n) is 5.51. The van der Waals surface area contributed by atoms with Crippen LogP contribution in [0.5, 0.6) is 5.75 Å². The second-order valence-corrected chi connectivity index (χ2v) is 6.50. The Hall–Kier alpha value is -2.09. The highest BCUT2D eigenvalue weighted by Gasteiger charge is 2.31. The summed E-state index contributed by atoms with van der Waals surface area (Å²) in [7, 11) is 0. The maximum absolute atomic E-state index is 12.5. The van der Waals surface area contributed by atoms with Crippen LogP contribution in [0.25, 0.3) is 10.6 Å². The number of aryl methyl sites for hydroxylation is 1. The SMILES string of the molecule is Cc1nc(-c2ccc(OC(F)(F)F)cc2)sc1C(=O)N1CCCC1. The lowest BCUT2D eigenvalue weighted by atomic mass is 10.2. The van der Waals surface area contributed by atoms with Crippen molar-refractivity contribution in [2.24, 2.45) is 0 Å². The van der Waals surface area contributed by atoms with E-state index in [0.717, 1.165) is 25.9 Å². The van der Waals surface area contributed by atoms with Gasteiger partial charge in [0, 0.05) is 18.7 Å². The van der Waals surface area contributed by atoms with E-state index in [-0.39, 0.29) is 11.7 Å². The Kier molecular flexibility index (Phi) is 4.49. The summed E-state index contributed by atoms with van der Waals surface area (Å²) >= 11 is 1.26. The summed E-state index contributed by atoms with van der Waals surface area (Å²) in [5.41, 5.74) is 1.29. The number of carbonyl (C=O) groups is 1. The van der Waals surface area contributed by atoms with Crippen molar-refractivity contribution in [1.82, 2.24) is 9.88 Å². The van der Waals surface area contributed by atoms with Gasteiger partial charge in [0.2, 0.25) is 0 Å². The van der Waals surface area contributed by atoms with Crippen LogP contribution in [0.3, 0.4) is 0 Å². The standard InChI is InChI=1S/C16H15F3N2O2S/c1-10-13(15(22)21-8-2-3-9-21)24-14(20-10)11-4-6-12(7-5-11)23-16(17,18)19/h4-7H,2-3,8-9H2,1H3. The van der Waals surface area contributed by atoms with Gasteiger partial charge in [-0.2, -0.15) is 0 Å². The first-order valence-electron chi connectivity index (χ1n) is 7.46. The smallest absolute Gasteiger partial charge is 0.406 e. The van der Waals surface area contributed by atoms with Crippen LogP contribution in [-0.4, -0.2) is 35.2 Å². The number of thiazole rings is 1. The molecule has 0 spiro atoms. The van der Waals surface area contributed by atoms with Crippen LogP contribution in [0, 0.1) is 6.92 Å². The van der Waals surface area contributed by atoms with Crippen LogP contribution in [-0.2, 0) is 0 Å². The lowest BCUT2D eigenvalue weighted by Crippen LogP contribution is -2.27. The van der Waals surface area contributed by atoms with Crippen LogP contribution in [0.4, 0.5) is 13.2 Å². The summed E-state index contributed by atoms with van der Waals surface area (Å²) in [4.78, 5) is 19.3. The van der Waals surface area contributed by atoms with Crippen molar-refractivity contribution >= 4 is 17.2 Å². The van der Waals surface area contributed by atoms with Crippen LogP contribution in [0.2, 0.25) is 0 Å². The van der Waals surface area contributed by atoms with Gasteiger partial charge in [0.1, 0.15) is 15.6 Å². The highest BCUT2D eigenvalue weighted by atomic mass is 32.1. The maximum Gasteiger partial charge on any atom is 0.573 e. The van der Waals surface area contributed by atoms with Gasteiger partial charge in [0.15, 0.2) is 0 Å². The van der Waals surface area contributed by atoms with E-state index in [4.69, 9.17) is 0 Å². The third-order valence-corrected chi connectivity index (χ3v) is 4.91. The first kappa shape index (κ1) is 16.8. The highest BCUT2D eigenvalue weighted by Crippen LogP contribution is 2.31. The normalized spacial score (nSPS) is 14.9. The number of aromatic nitrogens is 1. The van der Waals surface area contributed by atoms with Gasteiger partial charge in [0.25, 0.3) is 5.91 Å². The minimum Gasteiger partial charge on any atom is -0.406 e. The van der Waals surface area contributed by atoms with Crippen molar-refractivity contribution in [2.75, 3.05) is 13.1 Å². The topological polar surface area (TPSA) is 42.4 Å². The molecule has 1 aliphatic rings. The van der Waals surface area contributed by atoms with E-state index in [2.05, 4.69) is 9.72 Å². The minimum atomic E-state index is -4.71. The molecule has 1 aromatic heterocycles. The molecule has 0 N–H and O–H groups in total. The van der Waals surface area contributed by atoms with E-state index in [1.807, 2.05) is 4.90 Å². The van der Waals surface area contributed by atoms with Crippen LogP contribution < -0.4 is 4.74 Å². The van der Waals surface area contributed by atoms with E-state index >= 15 is 0 Å². The minimum absolute atomic E-state index is 0.0224. The molecule has 0 radical (unpaired) electrons. The summed E-state index contributed by atoms with van der Waals surface area (Å²) in [6.45, 7) is 3.29. The number of amides is 1. The van der Waals surface area contributed by atoms with Gasteiger partial charge in [-0.15, -0.1) is 24.5 Å². The molecule has 2 heterocycles. The number of nitrogens with zero attached hydrogens (tertiary/aromatic N) is 2. The monoisotopic (exact) mass is 356 g/mol. The molecule has 8 heteroatoms. The zero-order chi connectivity index (χ0) is 17.3. The number of rotatable bonds is 3. The van der Waals surface area contributed by atoms with Crippen LogP contribution in [0.1, 0.15) is 28.2 Å². The Bertz CT molecular complexity index is 735. The summed E-state index contributed by atoms with van der Waals surface area (Å²) < 4.78 is 40.4. The lowest BCUT2D eigenvalue weighted by molar-refractivity contribution is -0.274. The van der Waals surface area contributed by atoms with E-state index in [0.29, 0.717) is 21.1 Å². The van der Waals surface area contributed by atoms with Crippen molar-refractivity contribution in [2.45, 2.75) is 26.1 Å². The quantitative estimate of drug-likeness (QED) is 0.826. The van der Waals surface area contributed by atoms with Gasteiger partial charge in [-0.05, 0) is 44.0 Å². The maximum atomic E-state index is 12.5. The van der Waals surface area contributed by atoms with Gasteiger partial charge in [-0.1, -0.05) is 0 Å². The highest BCUT2D eigenvalue weighted by molar-refractivity contribution is 7.17. The molecular weight excluding hydrogens is 341 g/mol. The molecule has 3 rings (SSSR count). The fourth-order valence-electron chi connectivity index (χ4n) is 2.58. The van der Waals surface area contributed by atoms with Gasteiger partial charge in [0.05, 0.1) is 5.69 Å². The molecule has 0 unspecified atom stereocenters. The molecule has 1 aliphatic heterocycles. The number of ether oxygens (including phenoxy) is 1. The number of benzene rings is 1. The van der Waals surface area contributed by atoms with Crippen molar-refractivity contribution < 1.29 is 22.7 Å². The van der Waals surface area contributed by atoms with E-state index in [1.54, 1.807) is 6.92 Å². The van der Waals surface area contributed by atoms with Crippen molar-refractivity contribution in [1.29, 1.82) is 0 Å². The molecule has 0 bridgehead atoms. The van der Waals surface area contributed by atoms with E-state index in [1.165, 1.54) is 35.6 Å². The summed E-state index contributed by atoms with van der Waals surface area (Å²) in [5, 5.41) is 0.605. The molecule has 2 aromatic rings. The van der Waals surface area contributed by atoms with Crippen LogP contribution >= 0.6 is 11.3 Å². The molecule has 1 amide bonds. The second kappa shape index (κ2) is 6.43. The van der Waals surface area contributed by atoms with E-state index in [9.17, 15) is 18.0 Å². The lowest BCUT2D eigenvalue weighted by Gasteiger charge is -2.13. The van der Waals surface area contributed by atoms with Crippen molar-refractivity contribution in [3.05, 3.63) is 34.8 Å². The molecule has 1 saturated heterocycles.